The molecule has 0 fully saturated rings. The van der Waals surface area contributed by atoms with Crippen LogP contribution in [0.4, 0.5) is 0 Å². The summed E-state index contributed by atoms with van der Waals surface area (Å²) >= 11 is 0. The van der Waals surface area contributed by atoms with Crippen molar-refractivity contribution in [2.24, 2.45) is 0 Å². The lowest BCUT2D eigenvalue weighted by Crippen LogP contribution is -2.10. The Morgan fingerprint density at radius 1 is 1.38 bits per heavy atom. The van der Waals surface area contributed by atoms with Gasteiger partial charge in [-0.15, -0.1) is 5.10 Å². The number of benzene rings is 1. The molecule has 0 radical (unpaired) electrons. The molecule has 0 unspecified atom stereocenters. The van der Waals surface area contributed by atoms with Crippen molar-refractivity contribution in [2.75, 3.05) is 13.7 Å². The number of ether oxygens (including phenoxy) is 2. The summed E-state index contributed by atoms with van der Waals surface area (Å²) in [6, 6.07) is 6.18. The van der Waals surface area contributed by atoms with Gasteiger partial charge < -0.3 is 14.6 Å². The van der Waals surface area contributed by atoms with Gasteiger partial charge in [-0.3, -0.25) is 0 Å². The van der Waals surface area contributed by atoms with Crippen LogP contribution in [0.5, 0.6) is 5.75 Å². The maximum Gasteiger partial charge on any atom is 0.377 e. The number of carbonyl (C=O) groups is 2. The first-order chi connectivity index (χ1) is 10.1. The largest absolute Gasteiger partial charge is 0.492 e. The lowest BCUT2D eigenvalue weighted by Gasteiger charge is -2.06. The van der Waals surface area contributed by atoms with E-state index in [0.29, 0.717) is 12.3 Å². The maximum atomic E-state index is 11.2. The fourth-order valence-electron chi connectivity index (χ4n) is 1.56. The highest BCUT2D eigenvalue weighted by Crippen LogP contribution is 2.13. The summed E-state index contributed by atoms with van der Waals surface area (Å²) in [4.78, 5) is 25.8. The van der Waals surface area contributed by atoms with Gasteiger partial charge in [-0.25, -0.2) is 19.3 Å². The van der Waals surface area contributed by atoms with Gasteiger partial charge in [-0.05, 0) is 18.2 Å². The molecule has 110 valence electrons. The van der Waals surface area contributed by atoms with Gasteiger partial charge in [0, 0.05) is 0 Å². The van der Waals surface area contributed by atoms with Crippen LogP contribution >= 0.6 is 0 Å². The number of hydrogen-bond donors (Lipinski definition) is 1. The molecule has 0 bridgehead atoms. The van der Waals surface area contributed by atoms with E-state index in [1.165, 1.54) is 30.3 Å². The Bertz CT molecular complexity index is 653. The molecule has 1 aromatic carbocycles. The highest BCUT2D eigenvalue weighted by atomic mass is 16.5. The normalized spacial score (nSPS) is 10.1. The van der Waals surface area contributed by atoms with Crippen molar-refractivity contribution in [3.63, 3.8) is 0 Å². The van der Waals surface area contributed by atoms with Crippen LogP contribution in [0.1, 0.15) is 21.0 Å². The number of esters is 1. The van der Waals surface area contributed by atoms with Gasteiger partial charge in [0.1, 0.15) is 18.7 Å². The van der Waals surface area contributed by atoms with Gasteiger partial charge in [0.2, 0.25) is 0 Å². The zero-order valence-electron chi connectivity index (χ0n) is 11.2. The van der Waals surface area contributed by atoms with E-state index >= 15 is 0 Å². The summed E-state index contributed by atoms with van der Waals surface area (Å²) in [6.07, 6.45) is 1.39. The van der Waals surface area contributed by atoms with E-state index < -0.39 is 11.9 Å². The van der Waals surface area contributed by atoms with Crippen LogP contribution in [0.25, 0.3) is 0 Å². The fraction of sp³-hybridized carbons (Fsp3) is 0.231. The SMILES string of the molecule is COC(=O)c1ncn(CCOc2cccc(C(=O)O)c2)n1. The zero-order chi connectivity index (χ0) is 15.2. The number of carboxylic acid groups (broad SMARTS) is 1. The fourth-order valence-corrected chi connectivity index (χ4v) is 1.56. The second kappa shape index (κ2) is 6.51. The Balaban J connectivity index is 1.89. The minimum Gasteiger partial charge on any atom is -0.492 e. The lowest BCUT2D eigenvalue weighted by atomic mass is 10.2. The molecule has 1 heterocycles. The quantitative estimate of drug-likeness (QED) is 0.786. The third-order valence-electron chi connectivity index (χ3n) is 2.57. The number of aromatic nitrogens is 3. The predicted molar refractivity (Wildman–Crippen MR) is 70.3 cm³/mol. The summed E-state index contributed by atoms with van der Waals surface area (Å²) < 4.78 is 11.4. The molecule has 0 saturated carbocycles. The van der Waals surface area contributed by atoms with E-state index in [1.54, 1.807) is 12.1 Å². The van der Waals surface area contributed by atoms with Crippen LogP contribution < -0.4 is 4.74 Å². The van der Waals surface area contributed by atoms with Crippen molar-refractivity contribution in [2.45, 2.75) is 6.54 Å². The van der Waals surface area contributed by atoms with Gasteiger partial charge in [0.05, 0.1) is 19.2 Å². The Morgan fingerprint density at radius 2 is 2.19 bits per heavy atom. The van der Waals surface area contributed by atoms with Gasteiger partial charge in [-0.2, -0.15) is 0 Å². The van der Waals surface area contributed by atoms with E-state index in [-0.39, 0.29) is 18.0 Å². The minimum absolute atomic E-state index is 0.0228. The molecule has 0 saturated heterocycles. The van der Waals surface area contributed by atoms with Crippen molar-refractivity contribution in [1.29, 1.82) is 0 Å². The molecule has 0 atom stereocenters. The summed E-state index contributed by atoms with van der Waals surface area (Å²) in [5.41, 5.74) is 0.154. The third kappa shape index (κ3) is 3.78. The topological polar surface area (TPSA) is 104 Å². The average Bonchev–Trinajstić information content (AvgIpc) is 2.95. The van der Waals surface area contributed by atoms with E-state index in [1.807, 2.05) is 0 Å². The lowest BCUT2D eigenvalue weighted by molar-refractivity contribution is 0.0585. The number of nitrogens with zero attached hydrogens (tertiary/aromatic N) is 3. The molecule has 8 nitrogen and oxygen atoms in total. The molecular weight excluding hydrogens is 278 g/mol. The maximum absolute atomic E-state index is 11.2. The van der Waals surface area contributed by atoms with E-state index in [2.05, 4.69) is 14.8 Å². The molecule has 1 aromatic heterocycles. The van der Waals surface area contributed by atoms with Crippen LogP contribution in [0, 0.1) is 0 Å². The van der Waals surface area contributed by atoms with Crippen LogP contribution in [0.3, 0.4) is 0 Å². The van der Waals surface area contributed by atoms with Gasteiger partial charge in [0.15, 0.2) is 0 Å². The molecule has 0 aliphatic rings. The number of carbonyl (C=O) groups excluding carboxylic acids is 1. The monoisotopic (exact) mass is 291 g/mol. The number of methoxy groups -OCH3 is 1. The molecule has 1 N–H and O–H groups in total. The molecular formula is C13H13N3O5. The molecule has 0 spiro atoms. The van der Waals surface area contributed by atoms with Crippen LogP contribution in [0.15, 0.2) is 30.6 Å². The van der Waals surface area contributed by atoms with E-state index in [4.69, 9.17) is 9.84 Å². The van der Waals surface area contributed by atoms with Crippen molar-refractivity contribution in [3.8, 4) is 5.75 Å². The number of rotatable bonds is 6. The van der Waals surface area contributed by atoms with Gasteiger partial charge in [-0.1, -0.05) is 6.07 Å². The van der Waals surface area contributed by atoms with Crippen LogP contribution in [-0.4, -0.2) is 45.5 Å². The summed E-state index contributed by atoms with van der Waals surface area (Å²) in [6.45, 7) is 0.619. The van der Waals surface area contributed by atoms with Crippen LogP contribution in [0.2, 0.25) is 0 Å². The van der Waals surface area contributed by atoms with Gasteiger partial charge >= 0.3 is 11.9 Å². The Kier molecular flexibility index (Phi) is 4.50. The van der Waals surface area contributed by atoms with Crippen molar-refractivity contribution in [1.82, 2.24) is 14.8 Å². The number of aromatic carboxylic acids is 1. The molecule has 2 aromatic rings. The third-order valence-corrected chi connectivity index (χ3v) is 2.57. The Labute approximate surface area is 119 Å². The zero-order valence-corrected chi connectivity index (χ0v) is 11.2. The van der Waals surface area contributed by atoms with E-state index in [9.17, 15) is 9.59 Å². The molecule has 2 rings (SSSR count). The van der Waals surface area contributed by atoms with E-state index in [0.717, 1.165) is 0 Å². The molecule has 0 amide bonds. The summed E-state index contributed by atoms with van der Waals surface area (Å²) in [5.74, 6) is -1.20. The first kappa shape index (κ1) is 14.5. The average molecular weight is 291 g/mol. The predicted octanol–water partition coefficient (Wildman–Crippen LogP) is 0.842. The van der Waals surface area contributed by atoms with Crippen LogP contribution in [-0.2, 0) is 11.3 Å². The Morgan fingerprint density at radius 3 is 2.90 bits per heavy atom. The second-order valence-corrected chi connectivity index (χ2v) is 4.00. The summed E-state index contributed by atoms with van der Waals surface area (Å²) in [5, 5.41) is 12.8. The van der Waals surface area contributed by atoms with Crippen molar-refractivity contribution in [3.05, 3.63) is 42.0 Å². The molecule has 0 aliphatic heterocycles. The standard InChI is InChI=1S/C13H13N3O5/c1-20-13(19)11-14-8-16(15-11)5-6-21-10-4-2-3-9(7-10)12(17)18/h2-4,7-8H,5-6H2,1H3,(H,17,18). The second-order valence-electron chi connectivity index (χ2n) is 4.00. The van der Waals surface area contributed by atoms with Gasteiger partial charge in [0.25, 0.3) is 5.82 Å². The summed E-state index contributed by atoms with van der Waals surface area (Å²) in [7, 11) is 1.25. The smallest absolute Gasteiger partial charge is 0.377 e. The molecule has 0 aliphatic carbocycles. The highest BCUT2D eigenvalue weighted by molar-refractivity contribution is 5.88. The first-order valence-electron chi connectivity index (χ1n) is 6.04. The number of hydrogen-bond acceptors (Lipinski definition) is 6. The van der Waals surface area contributed by atoms with Crippen molar-refractivity contribution < 1.29 is 24.2 Å². The minimum atomic E-state index is -1.01. The Hall–Kier alpha value is -2.90. The van der Waals surface area contributed by atoms with Crippen molar-refractivity contribution >= 4 is 11.9 Å². The molecule has 8 heteroatoms. The number of carboxylic acids is 1. The highest BCUT2D eigenvalue weighted by Gasteiger charge is 2.11. The molecule has 21 heavy (non-hydrogen) atoms. The first-order valence-corrected chi connectivity index (χ1v) is 6.04.